The summed E-state index contributed by atoms with van der Waals surface area (Å²) in [4.78, 5) is 10.5. The highest BCUT2D eigenvalue weighted by atomic mass is 32.2. The Bertz CT molecular complexity index is 164. The van der Waals surface area contributed by atoms with Crippen molar-refractivity contribution in [3.63, 3.8) is 0 Å². The van der Waals surface area contributed by atoms with Crippen LogP contribution in [-0.2, 0) is 4.79 Å². The van der Waals surface area contributed by atoms with Crippen molar-refractivity contribution in [3.05, 3.63) is 0 Å². The molecule has 1 nitrogen and oxygen atoms in total. The van der Waals surface area contributed by atoms with E-state index in [1.165, 1.54) is 18.7 Å². The second kappa shape index (κ2) is 8.15. The smallest absolute Gasteiger partial charge is 0.241 e. The highest BCUT2D eigenvalue weighted by Crippen LogP contribution is 2.15. The molecule has 5 heteroatoms. The van der Waals surface area contributed by atoms with Crippen molar-refractivity contribution < 1.29 is 18.0 Å². The molecule has 0 aromatic carbocycles. The van der Waals surface area contributed by atoms with Gasteiger partial charge in [0.05, 0.1) is 0 Å². The van der Waals surface area contributed by atoms with Gasteiger partial charge in [0.1, 0.15) is 6.17 Å². The summed E-state index contributed by atoms with van der Waals surface area (Å²) in [6.07, 6.45) is -3.20. The maximum atomic E-state index is 12.7. The molecule has 1 atom stereocenters. The predicted octanol–water partition coefficient (Wildman–Crippen LogP) is 3.43. The van der Waals surface area contributed by atoms with Crippen LogP contribution in [0.4, 0.5) is 13.2 Å². The number of rotatable bonds is 7. The van der Waals surface area contributed by atoms with Gasteiger partial charge in [-0.05, 0) is 19.3 Å². The maximum absolute atomic E-state index is 12.7. The van der Waals surface area contributed by atoms with Crippen molar-refractivity contribution in [1.29, 1.82) is 0 Å². The summed E-state index contributed by atoms with van der Waals surface area (Å²) in [6, 6.07) is 0. The van der Waals surface area contributed by atoms with Gasteiger partial charge in [0.25, 0.3) is 0 Å². The lowest BCUT2D eigenvalue weighted by Crippen LogP contribution is -2.06. The Morgan fingerprint density at radius 1 is 1.29 bits per heavy atom. The van der Waals surface area contributed by atoms with E-state index in [0.29, 0.717) is 18.6 Å². The highest BCUT2D eigenvalue weighted by Gasteiger charge is 2.13. The number of hydrogen-bond donors (Lipinski definition) is 0. The van der Waals surface area contributed by atoms with Crippen LogP contribution in [0.2, 0.25) is 0 Å². The normalized spacial score (nSPS) is 13.2. The van der Waals surface area contributed by atoms with Crippen molar-refractivity contribution in [1.82, 2.24) is 0 Å². The number of halogens is 3. The second-order valence-electron chi connectivity index (χ2n) is 3.06. The minimum Gasteiger partial charge on any atom is -0.288 e. The van der Waals surface area contributed by atoms with Crippen LogP contribution in [0.25, 0.3) is 0 Å². The number of hydrogen-bond acceptors (Lipinski definition) is 2. The number of carbonyl (C=O) groups excluding carboxylic acids is 1. The first-order valence-electron chi connectivity index (χ1n) is 4.58. The van der Waals surface area contributed by atoms with Gasteiger partial charge in [-0.15, -0.1) is 0 Å². The average molecular weight is 228 g/mol. The second-order valence-corrected chi connectivity index (χ2v) is 4.33. The van der Waals surface area contributed by atoms with Gasteiger partial charge in [-0.2, -0.15) is 0 Å². The first-order valence-corrected chi connectivity index (χ1v) is 5.56. The van der Waals surface area contributed by atoms with Crippen LogP contribution in [-0.4, -0.2) is 23.5 Å². The Balaban J connectivity index is 3.23. The number of carbonyl (C=O) groups is 1. The van der Waals surface area contributed by atoms with Crippen molar-refractivity contribution >= 4 is 16.9 Å². The summed E-state index contributed by atoms with van der Waals surface area (Å²) in [6.45, 7) is 1.47. The average Bonchev–Trinajstić information content (AvgIpc) is 2.01. The van der Waals surface area contributed by atoms with Crippen LogP contribution in [0.15, 0.2) is 0 Å². The van der Waals surface area contributed by atoms with Gasteiger partial charge in [-0.1, -0.05) is 11.8 Å². The third-order valence-electron chi connectivity index (χ3n) is 1.65. The summed E-state index contributed by atoms with van der Waals surface area (Å²) in [5.74, 6) is 0.650. The zero-order valence-corrected chi connectivity index (χ0v) is 8.96. The monoisotopic (exact) mass is 228 g/mol. The standard InChI is InChI=1S/C9H15F3OS/c1-7(13)14-5-3-2-4-8(10)6-9(11)12/h8-9H,2-6H2,1H3. The van der Waals surface area contributed by atoms with E-state index in [-0.39, 0.29) is 11.5 Å². The summed E-state index contributed by atoms with van der Waals surface area (Å²) < 4.78 is 36.0. The molecule has 0 radical (unpaired) electrons. The molecule has 0 aliphatic heterocycles. The SMILES string of the molecule is CC(=O)SCCCCC(F)CC(F)F. The van der Waals surface area contributed by atoms with E-state index < -0.39 is 19.0 Å². The van der Waals surface area contributed by atoms with E-state index in [9.17, 15) is 18.0 Å². The Hall–Kier alpha value is -0.190. The molecule has 0 N–H and O–H groups in total. The third kappa shape index (κ3) is 9.89. The van der Waals surface area contributed by atoms with Gasteiger partial charge < -0.3 is 0 Å². The molecule has 1 unspecified atom stereocenters. The molecule has 14 heavy (non-hydrogen) atoms. The van der Waals surface area contributed by atoms with Crippen LogP contribution in [0.5, 0.6) is 0 Å². The molecule has 84 valence electrons. The first kappa shape index (κ1) is 13.8. The minimum atomic E-state index is -2.56. The number of alkyl halides is 3. The molecule has 0 saturated carbocycles. The minimum absolute atomic E-state index is 0.0365. The van der Waals surface area contributed by atoms with E-state index >= 15 is 0 Å². The quantitative estimate of drug-likeness (QED) is 0.621. The molecule has 0 amide bonds. The summed E-state index contributed by atoms with van der Waals surface area (Å²) in [5.41, 5.74) is 0. The Kier molecular flexibility index (Phi) is 8.04. The summed E-state index contributed by atoms with van der Waals surface area (Å²) in [7, 11) is 0. The first-order chi connectivity index (χ1) is 6.52. The molecule has 0 aliphatic rings. The molecule has 0 aliphatic carbocycles. The van der Waals surface area contributed by atoms with Gasteiger partial charge >= 0.3 is 0 Å². The summed E-state index contributed by atoms with van der Waals surface area (Å²) in [5, 5.41) is 0.0365. The van der Waals surface area contributed by atoms with Gasteiger partial charge in [0.15, 0.2) is 5.12 Å². The molecule has 0 aromatic rings. The number of unbranched alkanes of at least 4 members (excludes halogenated alkanes) is 1. The molecule has 0 rings (SSSR count). The molecular weight excluding hydrogens is 213 g/mol. The van der Waals surface area contributed by atoms with Crippen molar-refractivity contribution in [3.8, 4) is 0 Å². The van der Waals surface area contributed by atoms with Gasteiger partial charge in [-0.3, -0.25) is 4.79 Å². The Labute approximate surface area is 86.4 Å². The molecular formula is C9H15F3OS. The van der Waals surface area contributed by atoms with E-state index in [1.54, 1.807) is 0 Å². The molecule has 0 saturated heterocycles. The fraction of sp³-hybridized carbons (Fsp3) is 0.889. The summed E-state index contributed by atoms with van der Waals surface area (Å²) >= 11 is 1.19. The molecule has 0 heterocycles. The Morgan fingerprint density at radius 2 is 1.93 bits per heavy atom. The zero-order valence-electron chi connectivity index (χ0n) is 8.14. The molecule has 0 fully saturated rings. The van der Waals surface area contributed by atoms with Gasteiger partial charge in [-0.25, -0.2) is 13.2 Å². The van der Waals surface area contributed by atoms with Gasteiger partial charge in [0.2, 0.25) is 6.43 Å². The Morgan fingerprint density at radius 3 is 2.43 bits per heavy atom. The van der Waals surface area contributed by atoms with Crippen LogP contribution in [0.1, 0.15) is 32.6 Å². The van der Waals surface area contributed by atoms with Crippen molar-refractivity contribution in [2.45, 2.75) is 45.2 Å². The zero-order chi connectivity index (χ0) is 11.0. The van der Waals surface area contributed by atoms with Crippen LogP contribution in [0, 0.1) is 0 Å². The van der Waals surface area contributed by atoms with Crippen LogP contribution < -0.4 is 0 Å². The highest BCUT2D eigenvalue weighted by molar-refractivity contribution is 8.13. The number of thioether (sulfide) groups is 1. The maximum Gasteiger partial charge on any atom is 0.241 e. The lowest BCUT2D eigenvalue weighted by atomic mass is 10.1. The lowest BCUT2D eigenvalue weighted by Gasteiger charge is -2.06. The fourth-order valence-corrected chi connectivity index (χ4v) is 1.63. The van der Waals surface area contributed by atoms with E-state index in [1.807, 2.05) is 0 Å². The lowest BCUT2D eigenvalue weighted by molar-refractivity contribution is -0.109. The van der Waals surface area contributed by atoms with Gasteiger partial charge in [0, 0.05) is 19.1 Å². The fourth-order valence-electron chi connectivity index (χ4n) is 0.995. The van der Waals surface area contributed by atoms with E-state index in [4.69, 9.17) is 0 Å². The van der Waals surface area contributed by atoms with Crippen LogP contribution in [0.3, 0.4) is 0 Å². The molecule has 0 spiro atoms. The molecule has 0 aromatic heterocycles. The van der Waals surface area contributed by atoms with Crippen molar-refractivity contribution in [2.75, 3.05) is 5.75 Å². The largest absolute Gasteiger partial charge is 0.288 e. The van der Waals surface area contributed by atoms with Crippen LogP contribution >= 0.6 is 11.8 Å². The van der Waals surface area contributed by atoms with E-state index in [2.05, 4.69) is 0 Å². The topological polar surface area (TPSA) is 17.1 Å². The molecule has 0 bridgehead atoms. The van der Waals surface area contributed by atoms with E-state index in [0.717, 1.165) is 0 Å². The van der Waals surface area contributed by atoms with Crippen molar-refractivity contribution in [2.24, 2.45) is 0 Å². The third-order valence-corrected chi connectivity index (χ3v) is 2.55. The predicted molar refractivity (Wildman–Crippen MR) is 52.5 cm³/mol.